The molecule has 2 rings (SSSR count). The second-order valence-electron chi connectivity index (χ2n) is 4.60. The second kappa shape index (κ2) is 6.24. The van der Waals surface area contributed by atoms with E-state index in [2.05, 4.69) is 5.16 Å². The van der Waals surface area contributed by atoms with Crippen LogP contribution in [-0.4, -0.2) is 11.0 Å². The lowest BCUT2D eigenvalue weighted by atomic mass is 10.1. The van der Waals surface area contributed by atoms with Gasteiger partial charge in [-0.3, -0.25) is 0 Å². The Morgan fingerprint density at radius 1 is 1.10 bits per heavy atom. The molecule has 0 bridgehead atoms. The summed E-state index contributed by atoms with van der Waals surface area (Å²) < 4.78 is 5.91. The molecule has 0 aromatic heterocycles. The van der Waals surface area contributed by atoms with Crippen molar-refractivity contribution < 1.29 is 9.94 Å². The van der Waals surface area contributed by atoms with Gasteiger partial charge in [-0.05, 0) is 49.2 Å². The normalized spacial score (nSPS) is 11.5. The van der Waals surface area contributed by atoms with Crippen LogP contribution >= 0.6 is 23.2 Å². The van der Waals surface area contributed by atoms with Crippen molar-refractivity contribution in [3.05, 3.63) is 57.1 Å². The van der Waals surface area contributed by atoms with Crippen LogP contribution in [0.2, 0.25) is 10.0 Å². The summed E-state index contributed by atoms with van der Waals surface area (Å²) in [6.07, 6.45) is 0. The fourth-order valence-corrected chi connectivity index (χ4v) is 2.50. The van der Waals surface area contributed by atoms with E-state index in [1.54, 1.807) is 30.3 Å². The lowest BCUT2D eigenvalue weighted by Crippen LogP contribution is -2.14. The molecule has 0 unspecified atom stereocenters. The van der Waals surface area contributed by atoms with Gasteiger partial charge in [0.1, 0.15) is 11.5 Å². The van der Waals surface area contributed by atoms with E-state index in [-0.39, 0.29) is 5.84 Å². The van der Waals surface area contributed by atoms with E-state index in [0.29, 0.717) is 27.1 Å². The van der Waals surface area contributed by atoms with Gasteiger partial charge in [0.15, 0.2) is 5.84 Å². The zero-order valence-electron chi connectivity index (χ0n) is 11.5. The van der Waals surface area contributed by atoms with Crippen LogP contribution in [0, 0.1) is 13.8 Å². The minimum atomic E-state index is -0.0501. The Morgan fingerprint density at radius 3 is 2.29 bits per heavy atom. The summed E-state index contributed by atoms with van der Waals surface area (Å²) in [6, 6.07) is 8.49. The van der Waals surface area contributed by atoms with E-state index in [9.17, 15) is 0 Å². The summed E-state index contributed by atoms with van der Waals surface area (Å²) in [5, 5.41) is 13.0. The van der Waals surface area contributed by atoms with Crippen molar-refractivity contribution in [3.63, 3.8) is 0 Å². The topological polar surface area (TPSA) is 67.8 Å². The Kier molecular flexibility index (Phi) is 4.60. The molecule has 110 valence electrons. The quantitative estimate of drug-likeness (QED) is 0.378. The van der Waals surface area contributed by atoms with Crippen LogP contribution in [-0.2, 0) is 0 Å². The summed E-state index contributed by atoms with van der Waals surface area (Å²) in [4.78, 5) is 0. The monoisotopic (exact) mass is 324 g/mol. The third kappa shape index (κ3) is 3.40. The van der Waals surface area contributed by atoms with Gasteiger partial charge in [0.25, 0.3) is 0 Å². The molecule has 21 heavy (non-hydrogen) atoms. The van der Waals surface area contributed by atoms with E-state index < -0.39 is 0 Å². The molecule has 0 amide bonds. The highest BCUT2D eigenvalue weighted by Crippen LogP contribution is 2.34. The number of rotatable bonds is 3. The van der Waals surface area contributed by atoms with Gasteiger partial charge in [0.2, 0.25) is 0 Å². The molecule has 2 aromatic carbocycles. The van der Waals surface area contributed by atoms with Crippen LogP contribution in [0.5, 0.6) is 11.5 Å². The highest BCUT2D eigenvalue weighted by molar-refractivity contribution is 6.31. The maximum Gasteiger partial charge on any atom is 0.173 e. The van der Waals surface area contributed by atoms with Crippen molar-refractivity contribution >= 4 is 29.0 Å². The van der Waals surface area contributed by atoms with Crippen molar-refractivity contribution in [3.8, 4) is 11.5 Å². The number of oxime groups is 1. The minimum absolute atomic E-state index is 0.0501. The zero-order chi connectivity index (χ0) is 15.6. The molecule has 0 atom stereocenters. The van der Waals surface area contributed by atoms with Gasteiger partial charge in [0.05, 0.1) is 5.56 Å². The fraction of sp³-hybridized carbons (Fsp3) is 0.133. The molecule has 2 aromatic rings. The van der Waals surface area contributed by atoms with Crippen molar-refractivity contribution in [1.29, 1.82) is 0 Å². The Labute approximate surface area is 132 Å². The molecule has 4 nitrogen and oxygen atoms in total. The maximum absolute atomic E-state index is 8.85. The van der Waals surface area contributed by atoms with Crippen molar-refractivity contribution in [2.45, 2.75) is 13.8 Å². The Bertz CT molecular complexity index is 692. The summed E-state index contributed by atoms with van der Waals surface area (Å²) >= 11 is 12.0. The van der Waals surface area contributed by atoms with E-state index in [1.807, 2.05) is 13.8 Å². The van der Waals surface area contributed by atoms with Gasteiger partial charge in [-0.1, -0.05) is 28.4 Å². The highest BCUT2D eigenvalue weighted by atomic mass is 35.5. The Morgan fingerprint density at radius 2 is 1.71 bits per heavy atom. The summed E-state index contributed by atoms with van der Waals surface area (Å²) in [5.41, 5.74) is 7.87. The molecule has 0 saturated heterocycles. The first kappa shape index (κ1) is 15.5. The standard InChI is InChI=1S/C15H14Cl2N2O2/c1-8-5-11(17)6-9(2)14(8)21-13-7-10(16)3-4-12(13)15(18)19-20/h3-7,20H,1-2H3,(H2,18,19). The molecule has 0 aliphatic heterocycles. The number of nitrogens with zero attached hydrogens (tertiary/aromatic N) is 1. The number of hydrogen-bond donors (Lipinski definition) is 2. The van der Waals surface area contributed by atoms with Crippen molar-refractivity contribution in [2.75, 3.05) is 0 Å². The van der Waals surface area contributed by atoms with Crippen LogP contribution in [0.1, 0.15) is 16.7 Å². The van der Waals surface area contributed by atoms with Crippen molar-refractivity contribution in [2.24, 2.45) is 10.9 Å². The number of amidine groups is 1. The van der Waals surface area contributed by atoms with Gasteiger partial charge in [0, 0.05) is 16.1 Å². The second-order valence-corrected chi connectivity index (χ2v) is 5.47. The van der Waals surface area contributed by atoms with Crippen LogP contribution < -0.4 is 10.5 Å². The maximum atomic E-state index is 8.85. The van der Waals surface area contributed by atoms with Gasteiger partial charge in [-0.25, -0.2) is 0 Å². The van der Waals surface area contributed by atoms with Gasteiger partial charge >= 0.3 is 0 Å². The molecular formula is C15H14Cl2N2O2. The van der Waals surface area contributed by atoms with Crippen molar-refractivity contribution in [1.82, 2.24) is 0 Å². The molecule has 0 aliphatic rings. The van der Waals surface area contributed by atoms with Crippen LogP contribution in [0.3, 0.4) is 0 Å². The number of hydrogen-bond acceptors (Lipinski definition) is 3. The molecule has 0 aliphatic carbocycles. The average molecular weight is 325 g/mol. The number of ether oxygens (including phenoxy) is 1. The van der Waals surface area contributed by atoms with E-state index in [1.165, 1.54) is 0 Å². The summed E-state index contributed by atoms with van der Waals surface area (Å²) in [6.45, 7) is 3.78. The van der Waals surface area contributed by atoms with E-state index >= 15 is 0 Å². The first-order valence-electron chi connectivity index (χ1n) is 6.14. The average Bonchev–Trinajstić information content (AvgIpc) is 2.42. The highest BCUT2D eigenvalue weighted by Gasteiger charge is 2.13. The van der Waals surface area contributed by atoms with E-state index in [4.69, 9.17) is 38.9 Å². The predicted octanol–water partition coefficient (Wildman–Crippen LogP) is 4.50. The molecule has 0 radical (unpaired) electrons. The Hall–Kier alpha value is -1.91. The SMILES string of the molecule is Cc1cc(Cl)cc(C)c1Oc1cc(Cl)ccc1C(N)=NO. The molecule has 0 saturated carbocycles. The fourth-order valence-electron chi connectivity index (χ4n) is 2.01. The number of benzene rings is 2. The molecule has 0 spiro atoms. The zero-order valence-corrected chi connectivity index (χ0v) is 13.0. The van der Waals surface area contributed by atoms with Gasteiger partial charge in [-0.15, -0.1) is 0 Å². The lowest BCUT2D eigenvalue weighted by Gasteiger charge is -2.15. The van der Waals surface area contributed by atoms with E-state index in [0.717, 1.165) is 11.1 Å². The van der Waals surface area contributed by atoms with Gasteiger partial charge in [-0.2, -0.15) is 0 Å². The molecule has 6 heteroatoms. The third-order valence-corrected chi connectivity index (χ3v) is 3.42. The smallest absolute Gasteiger partial charge is 0.173 e. The lowest BCUT2D eigenvalue weighted by molar-refractivity contribution is 0.318. The van der Waals surface area contributed by atoms with Gasteiger partial charge < -0.3 is 15.7 Å². The molecule has 0 heterocycles. The Balaban J connectivity index is 2.52. The van der Waals surface area contributed by atoms with Crippen LogP contribution in [0.15, 0.2) is 35.5 Å². The molecule has 0 fully saturated rings. The number of halogens is 2. The molecule has 3 N–H and O–H groups in total. The predicted molar refractivity (Wildman–Crippen MR) is 85.0 cm³/mol. The third-order valence-electron chi connectivity index (χ3n) is 2.96. The number of nitrogens with two attached hydrogens (primary N) is 1. The summed E-state index contributed by atoms with van der Waals surface area (Å²) in [7, 11) is 0. The number of aryl methyl sites for hydroxylation is 2. The minimum Gasteiger partial charge on any atom is -0.456 e. The first-order valence-corrected chi connectivity index (χ1v) is 6.90. The van der Waals surface area contributed by atoms with Crippen LogP contribution in [0.25, 0.3) is 0 Å². The summed E-state index contributed by atoms with van der Waals surface area (Å²) in [5.74, 6) is 1.02. The first-order chi connectivity index (χ1) is 9.92. The van der Waals surface area contributed by atoms with Crippen LogP contribution in [0.4, 0.5) is 0 Å². The molecular weight excluding hydrogens is 311 g/mol. The largest absolute Gasteiger partial charge is 0.456 e.